The maximum absolute atomic E-state index is 11.9. The normalized spacial score (nSPS) is 20.5. The number of ether oxygens (including phenoxy) is 1. The monoisotopic (exact) mass is 451 g/mol. The molecule has 1 aromatic rings. The van der Waals surface area contributed by atoms with Crippen LogP contribution in [0.3, 0.4) is 0 Å². The van der Waals surface area contributed by atoms with Gasteiger partial charge in [0.1, 0.15) is 4.88 Å². The zero-order valence-corrected chi connectivity index (χ0v) is 22.4. The van der Waals surface area contributed by atoms with Crippen molar-refractivity contribution in [1.82, 2.24) is 0 Å². The van der Waals surface area contributed by atoms with Crippen LogP contribution in [0.4, 0.5) is 5.69 Å². The summed E-state index contributed by atoms with van der Waals surface area (Å²) >= 11 is 1.49. The molecule has 0 atom stereocenters. The summed E-state index contributed by atoms with van der Waals surface area (Å²) in [6.07, 6.45) is 13.9. The first-order valence-electron chi connectivity index (χ1n) is 12.6. The molecule has 0 bridgehead atoms. The molecule has 180 valence electrons. The maximum Gasteiger partial charge on any atom is 0.350 e. The van der Waals surface area contributed by atoms with E-state index < -0.39 is 0 Å². The van der Waals surface area contributed by atoms with E-state index in [9.17, 15) is 4.79 Å². The molecular weight excluding hydrogens is 402 g/mol. The first-order valence-corrected chi connectivity index (χ1v) is 13.4. The number of carbonyl (C=O) groups is 1. The van der Waals surface area contributed by atoms with Crippen molar-refractivity contribution in [3.05, 3.63) is 28.6 Å². The smallest absolute Gasteiger partial charge is 0.350 e. The van der Waals surface area contributed by atoms with Gasteiger partial charge < -0.3 is 9.64 Å². The zero-order valence-electron chi connectivity index (χ0n) is 21.6. The van der Waals surface area contributed by atoms with Gasteiger partial charge >= 0.3 is 5.97 Å². The van der Waals surface area contributed by atoms with Crippen LogP contribution in [0, 0.1) is 18.8 Å². The number of aryl methyl sites for hydroxylation is 1. The lowest BCUT2D eigenvalue weighted by Gasteiger charge is -2.33. The van der Waals surface area contributed by atoms with Crippen LogP contribution in [0.2, 0.25) is 0 Å². The number of anilines is 1. The molecule has 2 saturated carbocycles. The SMILES string of the molecule is C=CN(c1cc(C)sc1C(=O)OC)C1CCCCC1.CC.CC.CC1CCC(C)CC1. The minimum Gasteiger partial charge on any atom is -0.465 e. The van der Waals surface area contributed by atoms with Gasteiger partial charge in [-0.1, -0.05) is 93.1 Å². The van der Waals surface area contributed by atoms with Crippen molar-refractivity contribution in [2.45, 2.75) is 112 Å². The van der Waals surface area contributed by atoms with Gasteiger partial charge in [0.2, 0.25) is 0 Å². The number of nitrogens with zero attached hydrogens (tertiary/aromatic N) is 1. The highest BCUT2D eigenvalue weighted by Gasteiger charge is 2.25. The number of hydrogen-bond donors (Lipinski definition) is 0. The summed E-state index contributed by atoms with van der Waals surface area (Å²) in [6, 6.07) is 2.52. The third-order valence-electron chi connectivity index (χ3n) is 5.95. The third-order valence-corrected chi connectivity index (χ3v) is 6.97. The summed E-state index contributed by atoms with van der Waals surface area (Å²) in [4.78, 5) is 15.8. The second-order valence-corrected chi connectivity index (χ2v) is 9.57. The molecule has 4 heteroatoms. The Hall–Kier alpha value is -1.29. The van der Waals surface area contributed by atoms with Gasteiger partial charge in [-0.3, -0.25) is 0 Å². The largest absolute Gasteiger partial charge is 0.465 e. The molecule has 31 heavy (non-hydrogen) atoms. The molecule has 1 heterocycles. The molecular formula is C27H49NO2S. The summed E-state index contributed by atoms with van der Waals surface area (Å²) in [5.74, 6) is 1.79. The van der Waals surface area contributed by atoms with Crippen LogP contribution in [0.5, 0.6) is 0 Å². The molecule has 0 N–H and O–H groups in total. The van der Waals surface area contributed by atoms with Gasteiger partial charge in [0.15, 0.2) is 0 Å². The summed E-state index contributed by atoms with van der Waals surface area (Å²) in [5.41, 5.74) is 0.955. The highest BCUT2D eigenvalue weighted by Crippen LogP contribution is 2.35. The van der Waals surface area contributed by atoms with Crippen molar-refractivity contribution in [1.29, 1.82) is 0 Å². The van der Waals surface area contributed by atoms with Gasteiger partial charge in [0, 0.05) is 10.9 Å². The molecule has 2 fully saturated rings. The molecule has 2 aliphatic rings. The van der Waals surface area contributed by atoms with E-state index in [4.69, 9.17) is 4.74 Å². The lowest BCUT2D eigenvalue weighted by atomic mass is 9.84. The molecule has 0 radical (unpaired) electrons. The van der Waals surface area contributed by atoms with Crippen molar-refractivity contribution in [3.63, 3.8) is 0 Å². The van der Waals surface area contributed by atoms with Gasteiger partial charge in [-0.05, 0) is 43.9 Å². The molecule has 1 aromatic heterocycles. The Morgan fingerprint density at radius 3 is 1.90 bits per heavy atom. The number of rotatable bonds is 4. The number of thiophene rings is 1. The predicted molar refractivity (Wildman–Crippen MR) is 139 cm³/mol. The summed E-state index contributed by atoms with van der Waals surface area (Å²) in [7, 11) is 1.43. The Labute approximate surface area is 197 Å². The fourth-order valence-electron chi connectivity index (χ4n) is 4.16. The van der Waals surface area contributed by atoms with Crippen LogP contribution < -0.4 is 4.90 Å². The highest BCUT2D eigenvalue weighted by molar-refractivity contribution is 7.14. The first kappa shape index (κ1) is 29.7. The first-order chi connectivity index (χ1) is 15.0. The van der Waals surface area contributed by atoms with Crippen molar-refractivity contribution < 1.29 is 9.53 Å². The van der Waals surface area contributed by atoms with Crippen molar-refractivity contribution >= 4 is 23.0 Å². The molecule has 0 amide bonds. The van der Waals surface area contributed by atoms with E-state index in [-0.39, 0.29) is 5.97 Å². The van der Waals surface area contributed by atoms with Crippen LogP contribution >= 0.6 is 11.3 Å². The lowest BCUT2D eigenvalue weighted by molar-refractivity contribution is 0.0607. The van der Waals surface area contributed by atoms with E-state index in [2.05, 4.69) is 31.4 Å². The standard InChI is InChI=1S/C15H21NO2S.C8H16.2C2H6/c1-4-16(12-8-6-5-7-9-12)13-10-11(2)19-14(13)15(17)18-3;1-7-3-5-8(2)6-4-7;2*1-2/h4,10,12H,1,5-9H2,2-3H3;7-8H,3-6H2,1-2H3;2*1-2H3. The number of esters is 1. The minimum absolute atomic E-state index is 0.254. The van der Waals surface area contributed by atoms with Crippen LogP contribution in [0.1, 0.15) is 114 Å². The summed E-state index contributed by atoms with van der Waals surface area (Å²) in [6.45, 7) is 18.7. The maximum atomic E-state index is 11.9. The van der Waals surface area contributed by atoms with Gasteiger partial charge in [0.25, 0.3) is 0 Å². The summed E-state index contributed by atoms with van der Waals surface area (Å²) < 4.78 is 4.88. The Bertz CT molecular complexity index is 586. The average Bonchev–Trinajstić information content (AvgIpc) is 3.21. The van der Waals surface area contributed by atoms with E-state index in [0.717, 1.165) is 22.4 Å². The third kappa shape index (κ3) is 10.2. The van der Waals surface area contributed by atoms with Crippen molar-refractivity contribution in [3.8, 4) is 0 Å². The molecule has 3 nitrogen and oxygen atoms in total. The second kappa shape index (κ2) is 17.3. The number of methoxy groups -OCH3 is 1. The quantitative estimate of drug-likeness (QED) is 0.428. The van der Waals surface area contributed by atoms with Gasteiger partial charge in [-0.2, -0.15) is 0 Å². The molecule has 0 saturated heterocycles. The van der Waals surface area contributed by atoms with Crippen LogP contribution in [-0.4, -0.2) is 19.1 Å². The zero-order chi connectivity index (χ0) is 23.8. The second-order valence-electron chi connectivity index (χ2n) is 8.31. The average molecular weight is 452 g/mol. The molecule has 0 aliphatic heterocycles. The van der Waals surface area contributed by atoms with Crippen molar-refractivity contribution in [2.75, 3.05) is 12.0 Å². The highest BCUT2D eigenvalue weighted by atomic mass is 32.1. The lowest BCUT2D eigenvalue weighted by Crippen LogP contribution is -2.32. The Morgan fingerprint density at radius 1 is 1.00 bits per heavy atom. The van der Waals surface area contributed by atoms with Crippen LogP contribution in [0.15, 0.2) is 18.8 Å². The topological polar surface area (TPSA) is 29.5 Å². The fourth-order valence-corrected chi connectivity index (χ4v) is 5.09. The van der Waals surface area contributed by atoms with Crippen LogP contribution in [-0.2, 0) is 4.74 Å². The molecule has 2 aliphatic carbocycles. The number of carbonyl (C=O) groups excluding carboxylic acids is 1. The Morgan fingerprint density at radius 2 is 1.48 bits per heavy atom. The molecule has 0 spiro atoms. The minimum atomic E-state index is -0.254. The van der Waals surface area contributed by atoms with Gasteiger partial charge in [-0.15, -0.1) is 11.3 Å². The predicted octanol–water partition coefficient (Wildman–Crippen LogP) is 9.01. The van der Waals surface area contributed by atoms with Gasteiger partial charge in [-0.25, -0.2) is 4.79 Å². The van der Waals surface area contributed by atoms with Crippen molar-refractivity contribution in [2.24, 2.45) is 11.8 Å². The fraction of sp³-hybridized carbons (Fsp3) is 0.741. The Kier molecular flexibility index (Phi) is 16.6. The van der Waals surface area contributed by atoms with E-state index in [1.807, 2.05) is 40.8 Å². The van der Waals surface area contributed by atoms with E-state index >= 15 is 0 Å². The van der Waals surface area contributed by atoms with E-state index in [1.54, 1.807) is 0 Å². The van der Waals surface area contributed by atoms with E-state index in [0.29, 0.717) is 10.9 Å². The van der Waals surface area contributed by atoms with E-state index in [1.165, 1.54) is 76.2 Å². The summed E-state index contributed by atoms with van der Waals surface area (Å²) in [5, 5.41) is 0. The molecule has 3 rings (SSSR count). The molecule has 0 unspecified atom stereocenters. The van der Waals surface area contributed by atoms with Gasteiger partial charge in [0.05, 0.1) is 12.8 Å². The van der Waals surface area contributed by atoms with Crippen LogP contribution in [0.25, 0.3) is 0 Å². The number of hydrogen-bond acceptors (Lipinski definition) is 4. The molecule has 0 aromatic carbocycles. The Balaban J connectivity index is 0.000000625.